The van der Waals surface area contributed by atoms with Crippen LogP contribution in [-0.2, 0) is 16.8 Å². The van der Waals surface area contributed by atoms with Crippen LogP contribution in [-0.4, -0.2) is 40.6 Å². The molecule has 0 saturated carbocycles. The number of thioether (sulfide) groups is 1. The lowest BCUT2D eigenvalue weighted by Gasteiger charge is -2.25. The average molecular weight is 713 g/mol. The molecule has 0 saturated heterocycles. The van der Waals surface area contributed by atoms with Crippen molar-refractivity contribution in [3.63, 3.8) is 0 Å². The summed E-state index contributed by atoms with van der Waals surface area (Å²) in [6, 6.07) is 36.7. The van der Waals surface area contributed by atoms with Crippen molar-refractivity contribution in [2.24, 2.45) is 4.99 Å². The normalized spacial score (nSPS) is 14.6. The van der Waals surface area contributed by atoms with E-state index in [-0.39, 0.29) is 29.6 Å². The van der Waals surface area contributed by atoms with Crippen LogP contribution in [0.4, 0.5) is 4.39 Å². The monoisotopic (exact) mass is 712 g/mol. The minimum atomic E-state index is -0.965. The maximum atomic E-state index is 14.0. The van der Waals surface area contributed by atoms with Gasteiger partial charge in [-0.1, -0.05) is 136 Å². The van der Waals surface area contributed by atoms with E-state index in [1.165, 1.54) is 34.4 Å². The van der Waals surface area contributed by atoms with Crippen molar-refractivity contribution in [2.45, 2.75) is 44.8 Å². The van der Waals surface area contributed by atoms with Crippen molar-refractivity contribution in [3.8, 4) is 11.1 Å². The summed E-state index contributed by atoms with van der Waals surface area (Å²) in [4.78, 5) is 47.8. The lowest BCUT2D eigenvalue weighted by molar-refractivity contribution is -0.132. The highest BCUT2D eigenvalue weighted by Crippen LogP contribution is 2.33. The molecule has 0 spiro atoms. The Bertz CT molecular complexity index is 2090. The molecule has 0 bridgehead atoms. The fourth-order valence-electron chi connectivity index (χ4n) is 6.15. The van der Waals surface area contributed by atoms with Gasteiger partial charge in [0.2, 0.25) is 5.91 Å². The van der Waals surface area contributed by atoms with E-state index in [0.29, 0.717) is 33.2 Å². The summed E-state index contributed by atoms with van der Waals surface area (Å²) < 4.78 is 13.5. The number of nitrogens with one attached hydrogen (secondary N) is 2. The zero-order valence-electron chi connectivity index (χ0n) is 29.6. The standard InChI is InChI=1S/C43H41FN4O3S/c1-43(2,3)31-22-20-29(21-23-31)33-14-8-10-16-35(33)40(50)47-42-45-37(27-52-42)34-15-9-11-17-36(34)39(49)46-38(30-12-6-5-7-13-30)41(51)48(4)26-28-18-24-32(44)25-19-28/h5-25,37-38H,26-27H2,1-4H3,(H,46,49)(H,45,47,50)/t37?,38-/m0/s1. The number of benzene rings is 5. The minimum Gasteiger partial charge on any atom is -0.339 e. The summed E-state index contributed by atoms with van der Waals surface area (Å²) in [7, 11) is 1.66. The number of hydrogen-bond acceptors (Lipinski definition) is 5. The molecule has 1 heterocycles. The molecule has 5 aromatic carbocycles. The number of likely N-dealkylation sites (N-methyl/N-ethyl adjacent to an activating group) is 1. The Balaban J connectivity index is 1.19. The van der Waals surface area contributed by atoms with E-state index in [0.717, 1.165) is 16.7 Å². The van der Waals surface area contributed by atoms with E-state index in [1.807, 2.05) is 60.7 Å². The number of amides is 3. The number of rotatable bonds is 9. The maximum absolute atomic E-state index is 14.0. The highest BCUT2D eigenvalue weighted by atomic mass is 32.2. The van der Waals surface area contributed by atoms with Gasteiger partial charge in [0.15, 0.2) is 5.17 Å². The van der Waals surface area contributed by atoms with Crippen LogP contribution in [0.2, 0.25) is 0 Å². The van der Waals surface area contributed by atoms with E-state index in [1.54, 1.807) is 49.5 Å². The largest absolute Gasteiger partial charge is 0.339 e. The smallest absolute Gasteiger partial charge is 0.257 e. The second kappa shape index (κ2) is 15.8. The van der Waals surface area contributed by atoms with Crippen LogP contribution in [0.25, 0.3) is 11.1 Å². The highest BCUT2D eigenvalue weighted by Gasteiger charge is 2.30. The summed E-state index contributed by atoms with van der Waals surface area (Å²) in [5.74, 6) is -0.823. The van der Waals surface area contributed by atoms with E-state index in [4.69, 9.17) is 4.99 Å². The Hall–Kier alpha value is -5.54. The topological polar surface area (TPSA) is 90.9 Å². The molecule has 6 rings (SSSR count). The van der Waals surface area contributed by atoms with Gasteiger partial charge < -0.3 is 15.5 Å². The Morgan fingerprint density at radius 3 is 2.13 bits per heavy atom. The molecule has 0 fully saturated rings. The number of nitrogens with zero attached hydrogens (tertiary/aromatic N) is 2. The number of halogens is 1. The highest BCUT2D eigenvalue weighted by molar-refractivity contribution is 8.14. The summed E-state index contributed by atoms with van der Waals surface area (Å²) in [6.45, 7) is 6.75. The van der Waals surface area contributed by atoms with Gasteiger partial charge in [0.1, 0.15) is 11.9 Å². The van der Waals surface area contributed by atoms with Gasteiger partial charge in [-0.05, 0) is 63.1 Å². The predicted octanol–water partition coefficient (Wildman–Crippen LogP) is 8.49. The van der Waals surface area contributed by atoms with Crippen molar-refractivity contribution in [3.05, 3.63) is 167 Å². The first-order valence-electron chi connectivity index (χ1n) is 17.1. The first-order chi connectivity index (χ1) is 25.0. The maximum Gasteiger partial charge on any atom is 0.257 e. The third-order valence-electron chi connectivity index (χ3n) is 9.03. The van der Waals surface area contributed by atoms with Crippen LogP contribution in [0.1, 0.15) is 75.8 Å². The second-order valence-corrected chi connectivity index (χ2v) is 14.8. The number of amidine groups is 1. The van der Waals surface area contributed by atoms with E-state index >= 15 is 0 Å². The first-order valence-corrected chi connectivity index (χ1v) is 18.1. The molecule has 9 heteroatoms. The molecule has 1 aliphatic heterocycles. The summed E-state index contributed by atoms with van der Waals surface area (Å²) >= 11 is 1.42. The lowest BCUT2D eigenvalue weighted by atomic mass is 9.86. The van der Waals surface area contributed by atoms with Gasteiger partial charge in [-0.15, -0.1) is 0 Å². The molecule has 7 nitrogen and oxygen atoms in total. The molecule has 5 aromatic rings. The number of hydrogen-bond donors (Lipinski definition) is 2. The van der Waals surface area contributed by atoms with Crippen molar-refractivity contribution in [1.29, 1.82) is 0 Å². The van der Waals surface area contributed by atoms with Crippen LogP contribution >= 0.6 is 11.8 Å². The summed E-state index contributed by atoms with van der Waals surface area (Å²) in [5, 5.41) is 6.44. The fraction of sp³-hybridized carbons (Fsp3) is 0.209. The predicted molar refractivity (Wildman–Crippen MR) is 207 cm³/mol. The van der Waals surface area contributed by atoms with E-state index in [2.05, 4.69) is 43.5 Å². The Labute approximate surface area is 308 Å². The van der Waals surface area contributed by atoms with Crippen LogP contribution < -0.4 is 10.6 Å². The van der Waals surface area contributed by atoms with Crippen molar-refractivity contribution >= 4 is 34.7 Å². The van der Waals surface area contributed by atoms with E-state index in [9.17, 15) is 18.8 Å². The molecule has 0 aromatic heterocycles. The average Bonchev–Trinajstić information content (AvgIpc) is 3.62. The van der Waals surface area contributed by atoms with Gasteiger partial charge in [0.05, 0.1) is 6.04 Å². The van der Waals surface area contributed by atoms with Gasteiger partial charge in [-0.3, -0.25) is 19.4 Å². The molecular weight excluding hydrogens is 672 g/mol. The molecule has 2 N–H and O–H groups in total. The van der Waals surface area contributed by atoms with Crippen LogP contribution in [0, 0.1) is 5.82 Å². The van der Waals surface area contributed by atoms with Gasteiger partial charge >= 0.3 is 0 Å². The van der Waals surface area contributed by atoms with Crippen LogP contribution in [0.5, 0.6) is 0 Å². The minimum absolute atomic E-state index is 0.0209. The molecule has 52 heavy (non-hydrogen) atoms. The van der Waals surface area contributed by atoms with Crippen LogP contribution in [0.3, 0.4) is 0 Å². The zero-order valence-corrected chi connectivity index (χ0v) is 30.4. The summed E-state index contributed by atoms with van der Waals surface area (Å²) in [5.41, 5.74) is 6.03. The first kappa shape index (κ1) is 36.3. The number of aliphatic imine (C=N–C) groups is 1. The number of carbonyl (C=O) groups is 3. The molecule has 1 unspecified atom stereocenters. The SMILES string of the molecule is CN(Cc1ccc(F)cc1)C(=O)[C@@H](NC(=O)c1ccccc1C1CSC(NC(=O)c2ccccc2-c2ccc(C(C)(C)C)cc2)=N1)c1ccccc1. The molecule has 3 amide bonds. The molecule has 2 atom stereocenters. The van der Waals surface area contributed by atoms with Gasteiger partial charge in [0, 0.05) is 30.5 Å². The van der Waals surface area contributed by atoms with Crippen molar-refractivity contribution in [1.82, 2.24) is 15.5 Å². The van der Waals surface area contributed by atoms with Crippen molar-refractivity contribution < 1.29 is 18.8 Å². The molecule has 1 aliphatic rings. The number of carbonyl (C=O) groups excluding carboxylic acids is 3. The van der Waals surface area contributed by atoms with Gasteiger partial charge in [-0.2, -0.15) is 0 Å². The molecule has 0 aliphatic carbocycles. The third-order valence-corrected chi connectivity index (χ3v) is 10.00. The quantitative estimate of drug-likeness (QED) is 0.160. The van der Waals surface area contributed by atoms with E-state index < -0.39 is 18.0 Å². The second-order valence-electron chi connectivity index (χ2n) is 13.8. The molecule has 264 valence electrons. The Kier molecular flexibility index (Phi) is 11.0. The van der Waals surface area contributed by atoms with Gasteiger partial charge in [-0.25, -0.2) is 4.39 Å². The molecular formula is C43H41FN4O3S. The Morgan fingerprint density at radius 1 is 0.808 bits per heavy atom. The summed E-state index contributed by atoms with van der Waals surface area (Å²) in [6.07, 6.45) is 0. The third kappa shape index (κ3) is 8.49. The Morgan fingerprint density at radius 2 is 1.44 bits per heavy atom. The zero-order chi connectivity index (χ0) is 36.8. The van der Waals surface area contributed by atoms with Crippen molar-refractivity contribution in [2.75, 3.05) is 12.8 Å². The van der Waals surface area contributed by atoms with Gasteiger partial charge in [0.25, 0.3) is 11.8 Å². The molecule has 0 radical (unpaired) electrons. The fourth-order valence-corrected chi connectivity index (χ4v) is 7.08. The van der Waals surface area contributed by atoms with Crippen LogP contribution in [0.15, 0.2) is 132 Å². The lowest BCUT2D eigenvalue weighted by Crippen LogP contribution is -2.41.